The molecule has 0 bridgehead atoms. The predicted octanol–water partition coefficient (Wildman–Crippen LogP) is -0.542. The highest BCUT2D eigenvalue weighted by molar-refractivity contribution is 7.80. The lowest BCUT2D eigenvalue weighted by molar-refractivity contribution is -0.291. The van der Waals surface area contributed by atoms with Crippen LogP contribution in [-0.2, 0) is 18.9 Å². The van der Waals surface area contributed by atoms with Gasteiger partial charge in [0.1, 0.15) is 18.3 Å². The molecular weight excluding hydrogens is 248 g/mol. The topological polar surface area (TPSA) is 77.4 Å². The summed E-state index contributed by atoms with van der Waals surface area (Å²) in [7, 11) is 2.90. The van der Waals surface area contributed by atoms with E-state index in [1.54, 1.807) is 6.92 Å². The van der Waals surface area contributed by atoms with Gasteiger partial charge in [-0.25, -0.2) is 0 Å². The molecule has 0 aromatic rings. The zero-order valence-electron chi connectivity index (χ0n) is 10.0. The van der Waals surface area contributed by atoms with Crippen LogP contribution >= 0.6 is 12.2 Å². The van der Waals surface area contributed by atoms with Gasteiger partial charge in [0.25, 0.3) is 0 Å². The Morgan fingerprint density at radius 1 is 1.29 bits per heavy atom. The number of ether oxygens (including phenoxy) is 4. The maximum Gasteiger partial charge on any atom is 0.197 e. The van der Waals surface area contributed by atoms with E-state index in [0.717, 1.165) is 0 Å². The number of aliphatic hydroxyl groups is 2. The number of rotatable bonds is 4. The highest BCUT2D eigenvalue weighted by Gasteiger charge is 2.46. The molecule has 1 saturated heterocycles. The van der Waals surface area contributed by atoms with Crippen LogP contribution in [0.5, 0.6) is 0 Å². The summed E-state index contributed by atoms with van der Waals surface area (Å²) in [4.78, 5) is 0. The Labute approximate surface area is 105 Å². The summed E-state index contributed by atoms with van der Waals surface area (Å²) in [5.41, 5.74) is 0. The van der Waals surface area contributed by atoms with Gasteiger partial charge in [-0.15, -0.1) is 0 Å². The number of thiocarbonyl (C=S) groups is 1. The molecule has 1 aliphatic heterocycles. The highest BCUT2D eigenvalue weighted by atomic mass is 32.1. The lowest BCUT2D eigenvalue weighted by Gasteiger charge is -2.41. The van der Waals surface area contributed by atoms with Gasteiger partial charge in [0.2, 0.25) is 0 Å². The van der Waals surface area contributed by atoms with Gasteiger partial charge in [0, 0.05) is 21.1 Å². The van der Waals surface area contributed by atoms with Crippen molar-refractivity contribution in [1.82, 2.24) is 0 Å². The number of hydrogen-bond donors (Lipinski definition) is 2. The summed E-state index contributed by atoms with van der Waals surface area (Å²) >= 11 is 4.80. The second-order valence-corrected chi connectivity index (χ2v) is 4.36. The summed E-state index contributed by atoms with van der Waals surface area (Å²) < 4.78 is 20.6. The molecule has 1 aliphatic rings. The molecule has 0 aromatic heterocycles. The molecule has 1 rings (SSSR count). The summed E-state index contributed by atoms with van der Waals surface area (Å²) in [6, 6.07) is 0. The van der Waals surface area contributed by atoms with Gasteiger partial charge in [-0.3, -0.25) is 0 Å². The molecule has 2 N–H and O–H groups in total. The SMILES string of the molecule is COCC1OC(OC)C(OC(C)=S)C(O)C1O. The molecule has 0 amide bonds. The molecule has 17 heavy (non-hydrogen) atoms. The normalized spacial score (nSPS) is 37.8. The van der Waals surface area contributed by atoms with Crippen LogP contribution in [0.3, 0.4) is 0 Å². The largest absolute Gasteiger partial charge is 0.476 e. The van der Waals surface area contributed by atoms with Crippen LogP contribution in [0.25, 0.3) is 0 Å². The van der Waals surface area contributed by atoms with Crippen molar-refractivity contribution in [1.29, 1.82) is 0 Å². The van der Waals surface area contributed by atoms with Crippen LogP contribution in [0.15, 0.2) is 0 Å². The van der Waals surface area contributed by atoms with Gasteiger partial charge in [0.15, 0.2) is 17.4 Å². The fraction of sp³-hybridized carbons (Fsp3) is 0.900. The van der Waals surface area contributed by atoms with E-state index in [-0.39, 0.29) is 11.7 Å². The molecule has 0 aromatic carbocycles. The zero-order valence-corrected chi connectivity index (χ0v) is 10.8. The Balaban J connectivity index is 2.75. The zero-order chi connectivity index (χ0) is 13.0. The average Bonchev–Trinajstić information content (AvgIpc) is 2.28. The molecule has 100 valence electrons. The third kappa shape index (κ3) is 3.57. The number of hydrogen-bond acceptors (Lipinski definition) is 7. The van der Waals surface area contributed by atoms with Gasteiger partial charge in [-0.05, 0) is 12.2 Å². The first kappa shape index (κ1) is 14.7. The summed E-state index contributed by atoms with van der Waals surface area (Å²) in [5, 5.41) is 20.0. The molecular formula is C10H18O6S. The second kappa shape index (κ2) is 6.58. The van der Waals surface area contributed by atoms with E-state index >= 15 is 0 Å². The van der Waals surface area contributed by atoms with Crippen molar-refractivity contribution in [2.24, 2.45) is 0 Å². The minimum atomic E-state index is -1.15. The summed E-state index contributed by atoms with van der Waals surface area (Å²) in [6.07, 6.45) is -4.57. The van der Waals surface area contributed by atoms with Crippen molar-refractivity contribution in [3.8, 4) is 0 Å². The summed E-state index contributed by atoms with van der Waals surface area (Å²) in [6.45, 7) is 1.73. The van der Waals surface area contributed by atoms with Crippen LogP contribution in [0.2, 0.25) is 0 Å². The van der Waals surface area contributed by atoms with Crippen molar-refractivity contribution in [2.75, 3.05) is 20.8 Å². The lowest BCUT2D eigenvalue weighted by Crippen LogP contribution is -2.60. The van der Waals surface area contributed by atoms with E-state index < -0.39 is 30.7 Å². The first-order chi connectivity index (χ1) is 8.01. The molecule has 5 atom stereocenters. The third-order valence-electron chi connectivity index (χ3n) is 2.51. The van der Waals surface area contributed by atoms with E-state index in [1.807, 2.05) is 0 Å². The molecule has 1 heterocycles. The standard InChI is InChI=1S/C10H18O6S/c1-5(17)15-9-8(12)7(11)6(4-13-2)16-10(9)14-3/h6-12H,4H2,1-3H3. The van der Waals surface area contributed by atoms with Crippen molar-refractivity contribution < 1.29 is 29.2 Å². The minimum absolute atomic E-state index is 0.154. The van der Waals surface area contributed by atoms with E-state index in [1.165, 1.54) is 14.2 Å². The fourth-order valence-electron chi connectivity index (χ4n) is 1.71. The van der Waals surface area contributed by atoms with Crippen molar-refractivity contribution in [3.05, 3.63) is 0 Å². The van der Waals surface area contributed by atoms with Crippen LogP contribution < -0.4 is 0 Å². The summed E-state index contributed by atoms with van der Waals surface area (Å²) in [5.74, 6) is 0. The maximum atomic E-state index is 9.93. The van der Waals surface area contributed by atoms with Gasteiger partial charge in [-0.2, -0.15) is 0 Å². The van der Waals surface area contributed by atoms with Gasteiger partial charge in [0.05, 0.1) is 6.61 Å². The van der Waals surface area contributed by atoms with E-state index in [0.29, 0.717) is 0 Å². The van der Waals surface area contributed by atoms with Crippen LogP contribution in [0.1, 0.15) is 6.92 Å². The number of aliphatic hydroxyl groups excluding tert-OH is 2. The Kier molecular flexibility index (Phi) is 5.71. The Hall–Kier alpha value is -0.310. The molecule has 1 fully saturated rings. The maximum absolute atomic E-state index is 9.93. The van der Waals surface area contributed by atoms with E-state index in [9.17, 15) is 10.2 Å². The fourth-order valence-corrected chi connectivity index (χ4v) is 1.83. The lowest BCUT2D eigenvalue weighted by atomic mass is 9.99. The average molecular weight is 266 g/mol. The minimum Gasteiger partial charge on any atom is -0.476 e. The Morgan fingerprint density at radius 3 is 2.41 bits per heavy atom. The van der Waals surface area contributed by atoms with Crippen LogP contribution in [-0.4, -0.2) is 66.8 Å². The van der Waals surface area contributed by atoms with Crippen molar-refractivity contribution in [3.63, 3.8) is 0 Å². The molecule has 0 radical (unpaired) electrons. The third-order valence-corrected chi connectivity index (χ3v) is 2.61. The molecule has 0 aliphatic carbocycles. The van der Waals surface area contributed by atoms with Gasteiger partial charge < -0.3 is 29.2 Å². The van der Waals surface area contributed by atoms with Gasteiger partial charge in [-0.1, -0.05) is 0 Å². The van der Waals surface area contributed by atoms with E-state index in [4.69, 9.17) is 31.2 Å². The molecule has 7 heteroatoms. The quantitative estimate of drug-likeness (QED) is 0.662. The first-order valence-corrected chi connectivity index (χ1v) is 5.62. The molecule has 5 unspecified atom stereocenters. The predicted molar refractivity (Wildman–Crippen MR) is 62.7 cm³/mol. The molecule has 0 saturated carbocycles. The first-order valence-electron chi connectivity index (χ1n) is 5.21. The van der Waals surface area contributed by atoms with Gasteiger partial charge >= 0.3 is 0 Å². The Bertz CT molecular complexity index is 259. The van der Waals surface area contributed by atoms with Crippen molar-refractivity contribution in [2.45, 2.75) is 37.6 Å². The van der Waals surface area contributed by atoms with E-state index in [2.05, 4.69) is 0 Å². The van der Waals surface area contributed by atoms with Crippen LogP contribution in [0.4, 0.5) is 0 Å². The monoisotopic (exact) mass is 266 g/mol. The number of methoxy groups -OCH3 is 2. The molecule has 6 nitrogen and oxygen atoms in total. The smallest absolute Gasteiger partial charge is 0.197 e. The second-order valence-electron chi connectivity index (χ2n) is 3.79. The van der Waals surface area contributed by atoms with Crippen molar-refractivity contribution >= 4 is 17.3 Å². The Morgan fingerprint density at radius 2 is 1.94 bits per heavy atom. The van der Waals surface area contributed by atoms with Crippen LogP contribution in [0, 0.1) is 0 Å². The highest BCUT2D eigenvalue weighted by Crippen LogP contribution is 2.24. The molecule has 0 spiro atoms.